The Bertz CT molecular complexity index is 307. The molecular formula is C8H8N2O. The van der Waals surface area contributed by atoms with Gasteiger partial charge in [0.2, 0.25) is 0 Å². The van der Waals surface area contributed by atoms with E-state index in [0.29, 0.717) is 12.3 Å². The van der Waals surface area contributed by atoms with E-state index in [1.165, 1.54) is 0 Å². The van der Waals surface area contributed by atoms with Gasteiger partial charge in [0.1, 0.15) is 18.1 Å². The summed E-state index contributed by atoms with van der Waals surface area (Å²) in [5.74, 6) is 0.771. The Morgan fingerprint density at radius 1 is 1.55 bits per heavy atom. The smallest absolute Gasteiger partial charge is 0.147 e. The van der Waals surface area contributed by atoms with Crippen molar-refractivity contribution in [3.63, 3.8) is 0 Å². The van der Waals surface area contributed by atoms with Gasteiger partial charge in [-0.3, -0.25) is 4.98 Å². The number of fused-ring (bicyclic) bond motifs is 1. The molecule has 0 aliphatic carbocycles. The number of aromatic nitrogens is 1. The molecule has 11 heavy (non-hydrogen) atoms. The van der Waals surface area contributed by atoms with Crippen molar-refractivity contribution in [1.82, 2.24) is 4.98 Å². The summed E-state index contributed by atoms with van der Waals surface area (Å²) in [6, 6.07) is 3.69. The Morgan fingerprint density at radius 3 is 3.27 bits per heavy atom. The van der Waals surface area contributed by atoms with Crippen LogP contribution in [0.3, 0.4) is 0 Å². The number of pyridine rings is 1. The molecule has 0 atom stereocenters. The van der Waals surface area contributed by atoms with Gasteiger partial charge in [0, 0.05) is 6.20 Å². The van der Waals surface area contributed by atoms with E-state index in [4.69, 9.17) is 10.5 Å². The number of hydrogen-bond donors (Lipinski definition) is 1. The zero-order chi connectivity index (χ0) is 7.68. The van der Waals surface area contributed by atoms with Gasteiger partial charge in [-0.05, 0) is 18.2 Å². The first-order chi connectivity index (χ1) is 5.38. The van der Waals surface area contributed by atoms with Gasteiger partial charge in [-0.2, -0.15) is 0 Å². The van der Waals surface area contributed by atoms with Crippen LogP contribution in [-0.2, 0) is 0 Å². The van der Waals surface area contributed by atoms with E-state index < -0.39 is 0 Å². The minimum atomic E-state index is 0.546. The van der Waals surface area contributed by atoms with Crippen molar-refractivity contribution in [2.24, 2.45) is 5.73 Å². The second-order valence-corrected chi connectivity index (χ2v) is 2.32. The van der Waals surface area contributed by atoms with Crippen molar-refractivity contribution in [1.29, 1.82) is 0 Å². The van der Waals surface area contributed by atoms with Crippen molar-refractivity contribution in [2.75, 3.05) is 6.61 Å². The van der Waals surface area contributed by atoms with Crippen LogP contribution in [0.1, 0.15) is 5.69 Å². The molecular weight excluding hydrogens is 140 g/mol. The van der Waals surface area contributed by atoms with Gasteiger partial charge < -0.3 is 10.5 Å². The van der Waals surface area contributed by atoms with Gasteiger partial charge >= 0.3 is 0 Å². The first kappa shape index (κ1) is 6.22. The predicted molar refractivity (Wildman–Crippen MR) is 41.9 cm³/mol. The Labute approximate surface area is 64.5 Å². The fraction of sp³-hybridized carbons (Fsp3) is 0.125. The molecule has 56 valence electrons. The SMILES string of the molecule is NC1=CCOc2cccnc21. The van der Waals surface area contributed by atoms with Gasteiger partial charge in [0.05, 0.1) is 5.70 Å². The molecule has 2 heterocycles. The highest BCUT2D eigenvalue weighted by Gasteiger charge is 2.10. The summed E-state index contributed by atoms with van der Waals surface area (Å²) < 4.78 is 5.27. The number of ether oxygens (including phenoxy) is 1. The van der Waals surface area contributed by atoms with Crippen molar-refractivity contribution < 1.29 is 4.74 Å². The fourth-order valence-electron chi connectivity index (χ4n) is 1.04. The molecule has 0 unspecified atom stereocenters. The van der Waals surface area contributed by atoms with Crippen LogP contribution >= 0.6 is 0 Å². The molecule has 1 aliphatic rings. The standard InChI is InChI=1S/C8H8N2O/c9-6-3-5-11-7-2-1-4-10-8(6)7/h1-4H,5,9H2. The lowest BCUT2D eigenvalue weighted by Gasteiger charge is -2.13. The summed E-state index contributed by atoms with van der Waals surface area (Å²) in [5, 5.41) is 0. The predicted octanol–water partition coefficient (Wildman–Crippen LogP) is 0.774. The second-order valence-electron chi connectivity index (χ2n) is 2.32. The summed E-state index contributed by atoms with van der Waals surface area (Å²) in [4.78, 5) is 4.08. The third-order valence-electron chi connectivity index (χ3n) is 1.59. The van der Waals surface area contributed by atoms with Gasteiger partial charge in [-0.15, -0.1) is 0 Å². The van der Waals surface area contributed by atoms with Gasteiger partial charge in [-0.25, -0.2) is 0 Å². The lowest BCUT2D eigenvalue weighted by Crippen LogP contribution is -2.10. The van der Waals surface area contributed by atoms with Crippen molar-refractivity contribution in [3.05, 3.63) is 30.1 Å². The van der Waals surface area contributed by atoms with Crippen LogP contribution in [0.5, 0.6) is 5.75 Å². The second kappa shape index (κ2) is 2.27. The van der Waals surface area contributed by atoms with E-state index in [1.54, 1.807) is 6.20 Å². The largest absolute Gasteiger partial charge is 0.487 e. The van der Waals surface area contributed by atoms with Crippen LogP contribution in [0, 0.1) is 0 Å². The third kappa shape index (κ3) is 0.941. The fourth-order valence-corrected chi connectivity index (χ4v) is 1.04. The van der Waals surface area contributed by atoms with E-state index in [0.717, 1.165) is 11.4 Å². The number of nitrogens with two attached hydrogens (primary N) is 1. The zero-order valence-electron chi connectivity index (χ0n) is 5.95. The molecule has 0 saturated heterocycles. The van der Waals surface area contributed by atoms with Crippen LogP contribution in [-0.4, -0.2) is 11.6 Å². The highest BCUT2D eigenvalue weighted by atomic mass is 16.5. The van der Waals surface area contributed by atoms with E-state index >= 15 is 0 Å². The van der Waals surface area contributed by atoms with Crippen LogP contribution in [0.25, 0.3) is 5.70 Å². The third-order valence-corrected chi connectivity index (χ3v) is 1.59. The summed E-state index contributed by atoms with van der Waals surface area (Å²) in [6.07, 6.45) is 3.52. The maximum absolute atomic E-state index is 5.66. The van der Waals surface area contributed by atoms with Crippen LogP contribution in [0.4, 0.5) is 0 Å². The molecule has 1 aromatic heterocycles. The number of rotatable bonds is 0. The molecule has 3 heteroatoms. The van der Waals surface area contributed by atoms with Crippen LogP contribution < -0.4 is 10.5 Å². The molecule has 2 N–H and O–H groups in total. The summed E-state index contributed by atoms with van der Waals surface area (Å²) >= 11 is 0. The summed E-state index contributed by atoms with van der Waals surface area (Å²) in [7, 11) is 0. The Hall–Kier alpha value is -1.51. The van der Waals surface area contributed by atoms with Crippen molar-refractivity contribution >= 4 is 5.70 Å². The normalized spacial score (nSPS) is 14.7. The maximum Gasteiger partial charge on any atom is 0.147 e. The average Bonchev–Trinajstić information content (AvgIpc) is 2.06. The van der Waals surface area contributed by atoms with Crippen LogP contribution in [0.15, 0.2) is 24.4 Å². The molecule has 0 aromatic carbocycles. The molecule has 2 rings (SSSR count). The summed E-state index contributed by atoms with van der Waals surface area (Å²) in [5.41, 5.74) is 7.11. The maximum atomic E-state index is 5.66. The van der Waals surface area contributed by atoms with E-state index in [1.807, 2.05) is 18.2 Å². The summed E-state index contributed by atoms with van der Waals surface area (Å²) in [6.45, 7) is 0.546. The molecule has 3 nitrogen and oxygen atoms in total. The number of nitrogens with zero attached hydrogens (tertiary/aromatic N) is 1. The Kier molecular flexibility index (Phi) is 1.28. The monoisotopic (exact) mass is 148 g/mol. The molecule has 0 saturated carbocycles. The quantitative estimate of drug-likeness (QED) is 0.591. The minimum Gasteiger partial charge on any atom is -0.487 e. The van der Waals surface area contributed by atoms with Gasteiger partial charge in [0.15, 0.2) is 0 Å². The van der Waals surface area contributed by atoms with Crippen molar-refractivity contribution in [3.8, 4) is 5.75 Å². The highest BCUT2D eigenvalue weighted by Crippen LogP contribution is 2.23. The first-order valence-electron chi connectivity index (χ1n) is 3.42. The van der Waals surface area contributed by atoms with Gasteiger partial charge in [-0.1, -0.05) is 0 Å². The van der Waals surface area contributed by atoms with Crippen LogP contribution in [0.2, 0.25) is 0 Å². The lowest BCUT2D eigenvalue weighted by molar-refractivity contribution is 0.355. The minimum absolute atomic E-state index is 0.546. The lowest BCUT2D eigenvalue weighted by atomic mass is 10.2. The Balaban J connectivity index is 2.56. The number of hydrogen-bond acceptors (Lipinski definition) is 3. The molecule has 0 bridgehead atoms. The van der Waals surface area contributed by atoms with Gasteiger partial charge in [0.25, 0.3) is 0 Å². The van der Waals surface area contributed by atoms with Crippen molar-refractivity contribution in [2.45, 2.75) is 0 Å². The molecule has 1 aromatic rings. The van der Waals surface area contributed by atoms with E-state index in [9.17, 15) is 0 Å². The van der Waals surface area contributed by atoms with E-state index in [2.05, 4.69) is 4.98 Å². The van der Waals surface area contributed by atoms with E-state index in [-0.39, 0.29) is 0 Å². The first-order valence-corrected chi connectivity index (χ1v) is 3.42. The molecule has 0 amide bonds. The molecule has 0 spiro atoms. The molecule has 1 aliphatic heterocycles. The average molecular weight is 148 g/mol. The highest BCUT2D eigenvalue weighted by molar-refractivity contribution is 5.66. The topological polar surface area (TPSA) is 48.1 Å². The molecule has 0 fully saturated rings. The zero-order valence-corrected chi connectivity index (χ0v) is 5.95. The molecule has 0 radical (unpaired) electrons. The Morgan fingerprint density at radius 2 is 2.45 bits per heavy atom.